The van der Waals surface area contributed by atoms with E-state index in [1.807, 2.05) is 61.5 Å². The first-order valence-electron chi connectivity index (χ1n) is 10.8. The van der Waals surface area contributed by atoms with E-state index in [0.29, 0.717) is 12.1 Å². The van der Waals surface area contributed by atoms with Crippen molar-refractivity contribution in [1.29, 1.82) is 0 Å². The van der Waals surface area contributed by atoms with Gasteiger partial charge in [0, 0.05) is 27.7 Å². The number of hydrogen-bond donors (Lipinski definition) is 1. The number of nitrogens with zero attached hydrogens (tertiary/aromatic N) is 3. The molecule has 1 N–H and O–H groups in total. The maximum Gasteiger partial charge on any atom is 0.251 e. The molecule has 6 nitrogen and oxygen atoms in total. The monoisotopic (exact) mass is 552 g/mol. The largest absolute Gasteiger partial charge is 0.497 e. The van der Waals surface area contributed by atoms with Gasteiger partial charge >= 0.3 is 0 Å². The zero-order valence-corrected chi connectivity index (χ0v) is 20.7. The summed E-state index contributed by atoms with van der Waals surface area (Å²) >= 11 is 2.30. The number of aromatic nitrogens is 3. The average Bonchev–Trinajstić information content (AvgIpc) is 3.29. The van der Waals surface area contributed by atoms with Crippen LogP contribution in [-0.2, 0) is 12.8 Å². The quantitative estimate of drug-likeness (QED) is 0.310. The Hall–Kier alpha value is -3.20. The Bertz CT molecular complexity index is 1250. The summed E-state index contributed by atoms with van der Waals surface area (Å²) in [4.78, 5) is 17.5. The fourth-order valence-electron chi connectivity index (χ4n) is 3.51. The highest BCUT2D eigenvalue weighted by Crippen LogP contribution is 2.24. The molecule has 0 fully saturated rings. The van der Waals surface area contributed by atoms with Crippen molar-refractivity contribution in [2.24, 2.45) is 0 Å². The highest BCUT2D eigenvalue weighted by atomic mass is 127. The zero-order valence-electron chi connectivity index (χ0n) is 18.6. The summed E-state index contributed by atoms with van der Waals surface area (Å²) in [5.74, 6) is 2.15. The van der Waals surface area contributed by atoms with E-state index in [0.717, 1.165) is 41.5 Å². The molecule has 0 saturated carbocycles. The van der Waals surface area contributed by atoms with Gasteiger partial charge in [-0.3, -0.25) is 4.79 Å². The minimum Gasteiger partial charge on any atom is -0.497 e. The fourth-order valence-corrected chi connectivity index (χ4v) is 4.11. The topological polar surface area (TPSA) is 69.0 Å². The Labute approximate surface area is 207 Å². The average molecular weight is 552 g/mol. The summed E-state index contributed by atoms with van der Waals surface area (Å²) in [7, 11) is 1.64. The molecule has 0 spiro atoms. The number of rotatable bonds is 8. The Morgan fingerprint density at radius 2 is 1.85 bits per heavy atom. The third-order valence-electron chi connectivity index (χ3n) is 5.26. The minimum atomic E-state index is -0.107. The number of methoxy groups -OCH3 is 1. The molecule has 4 aromatic rings. The minimum absolute atomic E-state index is 0.107. The van der Waals surface area contributed by atoms with E-state index in [1.54, 1.807) is 11.8 Å². The van der Waals surface area contributed by atoms with Crippen molar-refractivity contribution < 1.29 is 9.53 Å². The van der Waals surface area contributed by atoms with E-state index in [-0.39, 0.29) is 5.91 Å². The van der Waals surface area contributed by atoms with Crippen molar-refractivity contribution in [2.45, 2.75) is 19.8 Å². The first-order chi connectivity index (χ1) is 16.1. The van der Waals surface area contributed by atoms with Crippen molar-refractivity contribution in [2.75, 3.05) is 13.7 Å². The lowest BCUT2D eigenvalue weighted by Crippen LogP contribution is -2.25. The van der Waals surface area contributed by atoms with Crippen LogP contribution in [0.3, 0.4) is 0 Å². The molecule has 0 atom stereocenters. The van der Waals surface area contributed by atoms with Gasteiger partial charge < -0.3 is 10.1 Å². The lowest BCUT2D eigenvalue weighted by molar-refractivity contribution is 0.0954. The van der Waals surface area contributed by atoms with Crippen LogP contribution in [0.5, 0.6) is 5.75 Å². The zero-order chi connectivity index (χ0) is 23.2. The van der Waals surface area contributed by atoms with E-state index in [2.05, 4.69) is 51.2 Å². The number of nitrogens with one attached hydrogen (secondary N) is 1. The van der Waals surface area contributed by atoms with Crippen molar-refractivity contribution in [3.63, 3.8) is 0 Å². The van der Waals surface area contributed by atoms with E-state index in [9.17, 15) is 4.79 Å². The molecule has 3 aromatic carbocycles. The van der Waals surface area contributed by atoms with Gasteiger partial charge in [0.05, 0.1) is 12.8 Å². The number of halogens is 1. The number of benzene rings is 3. The molecule has 168 valence electrons. The molecule has 1 heterocycles. The summed E-state index contributed by atoms with van der Waals surface area (Å²) in [5, 5.41) is 7.69. The van der Waals surface area contributed by atoms with E-state index >= 15 is 0 Å². The number of ether oxygens (including phenoxy) is 1. The third-order valence-corrected chi connectivity index (χ3v) is 5.93. The molecule has 0 bridgehead atoms. The van der Waals surface area contributed by atoms with Crippen LogP contribution in [0, 0.1) is 3.57 Å². The number of carbonyl (C=O) groups is 1. The second-order valence-corrected chi connectivity index (χ2v) is 8.78. The SMILES string of the molecule is CCc1nc(-c2ccc(OC)cc2)n(-c2cccc(C(=O)NCCc3cccc(I)c3)c2)n1. The number of amides is 1. The van der Waals surface area contributed by atoms with Crippen LogP contribution >= 0.6 is 22.6 Å². The van der Waals surface area contributed by atoms with Crippen molar-refractivity contribution >= 4 is 28.5 Å². The molecule has 0 aliphatic carbocycles. The van der Waals surface area contributed by atoms with Crippen LogP contribution in [0.15, 0.2) is 72.8 Å². The number of aryl methyl sites for hydroxylation is 1. The highest BCUT2D eigenvalue weighted by molar-refractivity contribution is 14.1. The van der Waals surface area contributed by atoms with Crippen LogP contribution in [0.25, 0.3) is 17.1 Å². The van der Waals surface area contributed by atoms with Crippen LogP contribution in [0.2, 0.25) is 0 Å². The first-order valence-corrected chi connectivity index (χ1v) is 11.9. The Balaban J connectivity index is 1.54. The van der Waals surface area contributed by atoms with Gasteiger partial charge in [-0.25, -0.2) is 9.67 Å². The van der Waals surface area contributed by atoms with Gasteiger partial charge in [0.15, 0.2) is 11.6 Å². The molecule has 0 unspecified atom stereocenters. The van der Waals surface area contributed by atoms with Gasteiger partial charge in [0.25, 0.3) is 5.91 Å². The normalized spacial score (nSPS) is 10.8. The van der Waals surface area contributed by atoms with Gasteiger partial charge in [-0.15, -0.1) is 0 Å². The van der Waals surface area contributed by atoms with E-state index in [4.69, 9.17) is 9.72 Å². The predicted molar refractivity (Wildman–Crippen MR) is 138 cm³/mol. The second-order valence-electron chi connectivity index (χ2n) is 7.53. The smallest absolute Gasteiger partial charge is 0.251 e. The van der Waals surface area contributed by atoms with Gasteiger partial charge in [0.1, 0.15) is 5.75 Å². The van der Waals surface area contributed by atoms with Gasteiger partial charge in [-0.2, -0.15) is 5.10 Å². The molecule has 0 aliphatic heterocycles. The van der Waals surface area contributed by atoms with Crippen LogP contribution in [-0.4, -0.2) is 34.3 Å². The summed E-state index contributed by atoms with van der Waals surface area (Å²) in [6.45, 7) is 2.60. The van der Waals surface area contributed by atoms with E-state index in [1.165, 1.54) is 9.13 Å². The van der Waals surface area contributed by atoms with E-state index < -0.39 is 0 Å². The Morgan fingerprint density at radius 3 is 2.58 bits per heavy atom. The molecular weight excluding hydrogens is 527 g/mol. The molecule has 0 aliphatic rings. The molecule has 33 heavy (non-hydrogen) atoms. The maximum absolute atomic E-state index is 12.8. The van der Waals surface area contributed by atoms with Gasteiger partial charge in [0.2, 0.25) is 0 Å². The van der Waals surface area contributed by atoms with Crippen molar-refractivity contribution in [3.8, 4) is 22.8 Å². The fraction of sp³-hybridized carbons (Fsp3) is 0.192. The second kappa shape index (κ2) is 10.6. The lowest BCUT2D eigenvalue weighted by Gasteiger charge is -2.10. The molecule has 7 heteroatoms. The lowest BCUT2D eigenvalue weighted by atomic mass is 10.1. The standard InChI is InChI=1S/C26H25IN4O2/c1-3-24-29-25(19-10-12-23(33-2)13-11-19)31(30-24)22-9-5-7-20(17-22)26(32)28-15-14-18-6-4-8-21(27)16-18/h4-13,16-17H,3,14-15H2,1-2H3,(H,28,32). The van der Waals surface area contributed by atoms with Crippen LogP contribution in [0.1, 0.15) is 28.7 Å². The van der Waals surface area contributed by atoms with Gasteiger partial charge in [-0.1, -0.05) is 25.1 Å². The summed E-state index contributed by atoms with van der Waals surface area (Å²) in [6, 6.07) is 23.5. The predicted octanol–water partition coefficient (Wildman–Crippen LogP) is 5.08. The number of carbonyl (C=O) groups excluding carboxylic acids is 1. The molecule has 4 rings (SSSR count). The number of hydrogen-bond acceptors (Lipinski definition) is 4. The highest BCUT2D eigenvalue weighted by Gasteiger charge is 2.15. The molecular formula is C26H25IN4O2. The third kappa shape index (κ3) is 5.60. The molecule has 1 aromatic heterocycles. The first kappa shape index (κ1) is 23.0. The maximum atomic E-state index is 12.8. The Kier molecular flexibility index (Phi) is 7.39. The molecule has 0 saturated heterocycles. The van der Waals surface area contributed by atoms with Crippen LogP contribution in [0.4, 0.5) is 0 Å². The summed E-state index contributed by atoms with van der Waals surface area (Å²) < 4.78 is 8.25. The Morgan fingerprint density at radius 1 is 1.06 bits per heavy atom. The molecule has 1 amide bonds. The summed E-state index contributed by atoms with van der Waals surface area (Å²) in [5.41, 5.74) is 3.51. The van der Waals surface area contributed by atoms with Crippen molar-refractivity contribution in [1.82, 2.24) is 20.1 Å². The van der Waals surface area contributed by atoms with Crippen LogP contribution < -0.4 is 10.1 Å². The summed E-state index contributed by atoms with van der Waals surface area (Å²) in [6.07, 6.45) is 1.50. The van der Waals surface area contributed by atoms with Gasteiger partial charge in [-0.05, 0) is 89.2 Å². The molecule has 0 radical (unpaired) electrons. The van der Waals surface area contributed by atoms with Crippen molar-refractivity contribution in [3.05, 3.63) is 93.3 Å².